The summed E-state index contributed by atoms with van der Waals surface area (Å²) in [5.41, 5.74) is 2.41. The number of halogens is 1. The largest absolute Gasteiger partial charge is 0.488 e. The molecule has 0 aliphatic rings. The zero-order chi connectivity index (χ0) is 11.5. The van der Waals surface area contributed by atoms with Gasteiger partial charge in [0.15, 0.2) is 0 Å². The van der Waals surface area contributed by atoms with Gasteiger partial charge in [-0.1, -0.05) is 12.1 Å². The lowest BCUT2D eigenvalue weighted by Crippen LogP contribution is -1.95. The van der Waals surface area contributed by atoms with E-state index in [4.69, 9.17) is 4.74 Å². The topological polar surface area (TPSA) is 9.23 Å². The highest BCUT2D eigenvalue weighted by atomic mass is 79.9. The molecule has 0 atom stereocenters. The van der Waals surface area contributed by atoms with Gasteiger partial charge in [-0.05, 0) is 58.4 Å². The van der Waals surface area contributed by atoms with Gasteiger partial charge in [-0.2, -0.15) is 0 Å². The standard InChI is InChI=1S/C13H13BrOS/c1-9-3-4-10(2)12(7-9)15-8-13-11(14)5-6-16-13/h3-7H,8H2,1-2H3. The first-order chi connectivity index (χ1) is 7.66. The maximum atomic E-state index is 5.82. The second-order valence-electron chi connectivity index (χ2n) is 3.75. The average Bonchev–Trinajstić information content (AvgIpc) is 2.66. The Bertz CT molecular complexity index is 490. The van der Waals surface area contributed by atoms with E-state index in [2.05, 4.69) is 53.4 Å². The van der Waals surface area contributed by atoms with Gasteiger partial charge in [0.1, 0.15) is 12.4 Å². The molecule has 0 aliphatic heterocycles. The molecular formula is C13H13BrOS. The van der Waals surface area contributed by atoms with E-state index in [1.54, 1.807) is 11.3 Å². The minimum Gasteiger partial charge on any atom is -0.488 e. The summed E-state index contributed by atoms with van der Waals surface area (Å²) >= 11 is 5.21. The van der Waals surface area contributed by atoms with Crippen LogP contribution in [0.4, 0.5) is 0 Å². The van der Waals surface area contributed by atoms with Gasteiger partial charge in [0.25, 0.3) is 0 Å². The van der Waals surface area contributed by atoms with Crippen LogP contribution in [-0.2, 0) is 6.61 Å². The number of benzene rings is 1. The van der Waals surface area contributed by atoms with Crippen LogP contribution in [0.2, 0.25) is 0 Å². The molecule has 0 bridgehead atoms. The van der Waals surface area contributed by atoms with Gasteiger partial charge in [0.05, 0.1) is 4.88 Å². The normalized spacial score (nSPS) is 10.4. The van der Waals surface area contributed by atoms with Crippen molar-refractivity contribution >= 4 is 27.3 Å². The summed E-state index contributed by atoms with van der Waals surface area (Å²) in [5.74, 6) is 0.972. The molecule has 0 saturated carbocycles. The fourth-order valence-corrected chi connectivity index (χ4v) is 2.81. The predicted molar refractivity (Wildman–Crippen MR) is 72.3 cm³/mol. The second-order valence-corrected chi connectivity index (χ2v) is 5.60. The molecule has 0 amide bonds. The number of hydrogen-bond acceptors (Lipinski definition) is 2. The van der Waals surface area contributed by atoms with Crippen LogP contribution in [0.5, 0.6) is 5.75 Å². The molecule has 2 rings (SSSR count). The molecule has 16 heavy (non-hydrogen) atoms. The maximum absolute atomic E-state index is 5.82. The lowest BCUT2D eigenvalue weighted by molar-refractivity contribution is 0.307. The van der Waals surface area contributed by atoms with Crippen molar-refractivity contribution in [1.29, 1.82) is 0 Å². The molecule has 0 spiro atoms. The van der Waals surface area contributed by atoms with Gasteiger partial charge >= 0.3 is 0 Å². The zero-order valence-electron chi connectivity index (χ0n) is 9.29. The van der Waals surface area contributed by atoms with Gasteiger partial charge in [-0.15, -0.1) is 11.3 Å². The first kappa shape index (κ1) is 11.7. The SMILES string of the molecule is Cc1ccc(C)c(OCc2sccc2Br)c1. The highest BCUT2D eigenvalue weighted by Gasteiger charge is 2.04. The monoisotopic (exact) mass is 296 g/mol. The van der Waals surface area contributed by atoms with Gasteiger partial charge in [0, 0.05) is 4.47 Å². The Morgan fingerprint density at radius 3 is 2.75 bits per heavy atom. The first-order valence-corrected chi connectivity index (χ1v) is 6.76. The molecule has 3 heteroatoms. The third-order valence-electron chi connectivity index (χ3n) is 2.39. The fraction of sp³-hybridized carbons (Fsp3) is 0.231. The molecule has 1 nitrogen and oxygen atoms in total. The predicted octanol–water partition coefficient (Wildman–Crippen LogP) is 4.71. The Morgan fingerprint density at radius 1 is 1.25 bits per heavy atom. The Labute approximate surface area is 108 Å². The molecule has 1 aromatic heterocycles. The van der Waals surface area contributed by atoms with Crippen LogP contribution >= 0.6 is 27.3 Å². The van der Waals surface area contributed by atoms with Crippen molar-refractivity contribution in [2.24, 2.45) is 0 Å². The van der Waals surface area contributed by atoms with Crippen molar-refractivity contribution in [1.82, 2.24) is 0 Å². The maximum Gasteiger partial charge on any atom is 0.124 e. The highest BCUT2D eigenvalue weighted by Crippen LogP contribution is 2.26. The van der Waals surface area contributed by atoms with Gasteiger partial charge in [0.2, 0.25) is 0 Å². The van der Waals surface area contributed by atoms with E-state index >= 15 is 0 Å². The fourth-order valence-electron chi connectivity index (χ4n) is 1.43. The first-order valence-electron chi connectivity index (χ1n) is 5.09. The summed E-state index contributed by atoms with van der Waals surface area (Å²) in [6.07, 6.45) is 0. The Kier molecular flexibility index (Phi) is 3.66. The molecule has 0 radical (unpaired) electrons. The minimum atomic E-state index is 0.628. The number of aryl methyl sites for hydroxylation is 2. The highest BCUT2D eigenvalue weighted by molar-refractivity contribution is 9.10. The quantitative estimate of drug-likeness (QED) is 0.797. The van der Waals surface area contributed by atoms with Gasteiger partial charge < -0.3 is 4.74 Å². The summed E-state index contributed by atoms with van der Waals surface area (Å²) in [7, 11) is 0. The van der Waals surface area contributed by atoms with Crippen molar-refractivity contribution in [3.63, 3.8) is 0 Å². The molecule has 0 unspecified atom stereocenters. The van der Waals surface area contributed by atoms with E-state index in [0.717, 1.165) is 10.2 Å². The van der Waals surface area contributed by atoms with Gasteiger partial charge in [-0.3, -0.25) is 0 Å². The molecular weight excluding hydrogens is 284 g/mol. The Hall–Kier alpha value is -0.800. The van der Waals surface area contributed by atoms with Crippen LogP contribution in [0, 0.1) is 13.8 Å². The van der Waals surface area contributed by atoms with Crippen molar-refractivity contribution in [3.05, 3.63) is 50.1 Å². The molecule has 0 N–H and O–H groups in total. The van der Waals surface area contributed by atoms with Crippen LogP contribution in [0.1, 0.15) is 16.0 Å². The van der Waals surface area contributed by atoms with Crippen LogP contribution < -0.4 is 4.74 Å². The molecule has 84 valence electrons. The molecule has 1 heterocycles. The van der Waals surface area contributed by atoms with Crippen molar-refractivity contribution in [2.45, 2.75) is 20.5 Å². The third-order valence-corrected chi connectivity index (χ3v) is 4.29. The zero-order valence-corrected chi connectivity index (χ0v) is 11.7. The number of hydrogen-bond donors (Lipinski definition) is 0. The summed E-state index contributed by atoms with van der Waals surface area (Å²) in [4.78, 5) is 1.22. The van der Waals surface area contributed by atoms with Crippen LogP contribution in [0.25, 0.3) is 0 Å². The average molecular weight is 297 g/mol. The van der Waals surface area contributed by atoms with E-state index in [0.29, 0.717) is 6.61 Å². The number of thiophene rings is 1. The van der Waals surface area contributed by atoms with Crippen molar-refractivity contribution in [3.8, 4) is 5.75 Å². The van der Waals surface area contributed by atoms with Crippen LogP contribution in [0.15, 0.2) is 34.1 Å². The number of rotatable bonds is 3. The second kappa shape index (κ2) is 5.02. The van der Waals surface area contributed by atoms with Crippen molar-refractivity contribution in [2.75, 3.05) is 0 Å². The van der Waals surface area contributed by atoms with Crippen molar-refractivity contribution < 1.29 is 4.74 Å². The summed E-state index contributed by atoms with van der Waals surface area (Å²) in [6, 6.07) is 8.32. The molecule has 0 saturated heterocycles. The van der Waals surface area contributed by atoms with Gasteiger partial charge in [-0.25, -0.2) is 0 Å². The van der Waals surface area contributed by atoms with Crippen LogP contribution in [-0.4, -0.2) is 0 Å². The van der Waals surface area contributed by atoms with E-state index in [9.17, 15) is 0 Å². The third kappa shape index (κ3) is 2.66. The number of ether oxygens (including phenoxy) is 1. The lowest BCUT2D eigenvalue weighted by Gasteiger charge is -2.09. The molecule has 2 aromatic rings. The summed E-state index contributed by atoms with van der Waals surface area (Å²) < 4.78 is 6.95. The molecule has 1 aromatic carbocycles. The Balaban J connectivity index is 2.10. The van der Waals surface area contributed by atoms with E-state index < -0.39 is 0 Å². The van der Waals surface area contributed by atoms with Crippen LogP contribution in [0.3, 0.4) is 0 Å². The lowest BCUT2D eigenvalue weighted by atomic mass is 10.1. The van der Waals surface area contributed by atoms with E-state index in [1.165, 1.54) is 16.0 Å². The van der Waals surface area contributed by atoms with E-state index in [1.807, 2.05) is 6.07 Å². The summed E-state index contributed by atoms with van der Waals surface area (Å²) in [5, 5.41) is 2.06. The molecule has 0 fully saturated rings. The Morgan fingerprint density at radius 2 is 2.06 bits per heavy atom. The van der Waals surface area contributed by atoms with E-state index in [-0.39, 0.29) is 0 Å². The summed E-state index contributed by atoms with van der Waals surface area (Å²) in [6.45, 7) is 4.77. The smallest absolute Gasteiger partial charge is 0.124 e. The minimum absolute atomic E-state index is 0.628. The molecule has 0 aliphatic carbocycles.